The number of thiophene rings is 2. The summed E-state index contributed by atoms with van der Waals surface area (Å²) in [5, 5.41) is 7.55. The zero-order valence-corrected chi connectivity index (χ0v) is 9.97. The largest absolute Gasteiger partial charge is 0.316 e. The zero-order chi connectivity index (χ0) is 9.97. The van der Waals surface area contributed by atoms with Crippen molar-refractivity contribution in [3.63, 3.8) is 0 Å². The lowest BCUT2D eigenvalue weighted by Gasteiger charge is -1.94. The van der Waals surface area contributed by atoms with Crippen LogP contribution in [0.5, 0.6) is 0 Å². The Balaban J connectivity index is 2.29. The van der Waals surface area contributed by atoms with Gasteiger partial charge in [-0.1, -0.05) is 0 Å². The standard InChI is InChI=1S/C11H13NS2/c1-8-3-4-13-11(8)10-5-9(6-12-2)7-14-10/h3-5,7,12H,6H2,1-2H3. The summed E-state index contributed by atoms with van der Waals surface area (Å²) >= 11 is 3.66. The van der Waals surface area contributed by atoms with Crippen LogP contribution in [0.25, 0.3) is 9.75 Å². The number of aryl methyl sites for hydroxylation is 1. The molecule has 14 heavy (non-hydrogen) atoms. The van der Waals surface area contributed by atoms with E-state index in [1.807, 2.05) is 29.7 Å². The SMILES string of the molecule is CNCc1csc(-c2sccc2C)c1. The van der Waals surface area contributed by atoms with E-state index in [4.69, 9.17) is 0 Å². The molecule has 0 aliphatic carbocycles. The number of rotatable bonds is 3. The van der Waals surface area contributed by atoms with Crippen LogP contribution in [0.3, 0.4) is 0 Å². The van der Waals surface area contributed by atoms with E-state index in [-0.39, 0.29) is 0 Å². The summed E-state index contributed by atoms with van der Waals surface area (Å²) in [4.78, 5) is 2.81. The van der Waals surface area contributed by atoms with Crippen LogP contribution in [0.15, 0.2) is 22.9 Å². The van der Waals surface area contributed by atoms with Gasteiger partial charge in [-0.25, -0.2) is 0 Å². The van der Waals surface area contributed by atoms with Gasteiger partial charge in [0.25, 0.3) is 0 Å². The van der Waals surface area contributed by atoms with Gasteiger partial charge in [-0.15, -0.1) is 22.7 Å². The van der Waals surface area contributed by atoms with Crippen LogP contribution in [-0.2, 0) is 6.54 Å². The molecular weight excluding hydrogens is 210 g/mol. The van der Waals surface area contributed by atoms with Gasteiger partial charge in [0, 0.05) is 16.3 Å². The molecule has 2 heterocycles. The molecule has 0 aliphatic rings. The maximum absolute atomic E-state index is 3.17. The maximum Gasteiger partial charge on any atom is 0.0471 e. The third-order valence-electron chi connectivity index (χ3n) is 2.12. The molecule has 0 saturated heterocycles. The van der Waals surface area contributed by atoms with Crippen molar-refractivity contribution in [3.05, 3.63) is 34.0 Å². The molecule has 1 N–H and O–H groups in total. The topological polar surface area (TPSA) is 12.0 Å². The van der Waals surface area contributed by atoms with Crippen molar-refractivity contribution in [2.45, 2.75) is 13.5 Å². The number of nitrogens with one attached hydrogen (secondary N) is 1. The van der Waals surface area contributed by atoms with Crippen molar-refractivity contribution >= 4 is 22.7 Å². The summed E-state index contributed by atoms with van der Waals surface area (Å²) in [6.45, 7) is 3.13. The molecule has 2 aromatic heterocycles. The highest BCUT2D eigenvalue weighted by Crippen LogP contribution is 2.33. The third-order valence-corrected chi connectivity index (χ3v) is 4.30. The van der Waals surface area contributed by atoms with Gasteiger partial charge in [0.1, 0.15) is 0 Å². The molecule has 0 atom stereocenters. The van der Waals surface area contributed by atoms with E-state index in [0.29, 0.717) is 0 Å². The Morgan fingerprint density at radius 1 is 1.36 bits per heavy atom. The Kier molecular flexibility index (Phi) is 3.01. The Morgan fingerprint density at radius 2 is 2.21 bits per heavy atom. The van der Waals surface area contributed by atoms with Gasteiger partial charge in [0.15, 0.2) is 0 Å². The Labute approximate surface area is 92.4 Å². The van der Waals surface area contributed by atoms with Crippen LogP contribution in [0.2, 0.25) is 0 Å². The minimum atomic E-state index is 0.959. The normalized spacial score (nSPS) is 10.7. The molecule has 0 fully saturated rings. The van der Waals surface area contributed by atoms with Crippen molar-refractivity contribution < 1.29 is 0 Å². The Morgan fingerprint density at radius 3 is 2.86 bits per heavy atom. The molecule has 0 aliphatic heterocycles. The fourth-order valence-electron chi connectivity index (χ4n) is 1.42. The van der Waals surface area contributed by atoms with Crippen LogP contribution >= 0.6 is 22.7 Å². The monoisotopic (exact) mass is 223 g/mol. The minimum absolute atomic E-state index is 0.959. The van der Waals surface area contributed by atoms with Gasteiger partial charge in [-0.3, -0.25) is 0 Å². The highest BCUT2D eigenvalue weighted by atomic mass is 32.1. The maximum atomic E-state index is 3.17. The molecule has 0 saturated carbocycles. The summed E-state index contributed by atoms with van der Waals surface area (Å²) in [6, 6.07) is 4.46. The molecule has 0 aromatic carbocycles. The third kappa shape index (κ3) is 1.90. The van der Waals surface area contributed by atoms with Crippen molar-refractivity contribution in [2.24, 2.45) is 0 Å². The van der Waals surface area contributed by atoms with Gasteiger partial charge in [0.2, 0.25) is 0 Å². The number of hydrogen-bond acceptors (Lipinski definition) is 3. The predicted molar refractivity (Wildman–Crippen MR) is 65.1 cm³/mol. The molecule has 74 valence electrons. The van der Waals surface area contributed by atoms with Gasteiger partial charge in [-0.2, -0.15) is 0 Å². The lowest BCUT2D eigenvalue weighted by Crippen LogP contribution is -2.03. The first kappa shape index (κ1) is 9.90. The summed E-state index contributed by atoms with van der Waals surface area (Å²) in [5.41, 5.74) is 2.76. The Hall–Kier alpha value is -0.640. The highest BCUT2D eigenvalue weighted by molar-refractivity contribution is 7.20. The van der Waals surface area contributed by atoms with Crippen LogP contribution in [0, 0.1) is 6.92 Å². The molecule has 3 heteroatoms. The van der Waals surface area contributed by atoms with E-state index in [2.05, 4.69) is 35.1 Å². The summed E-state index contributed by atoms with van der Waals surface area (Å²) in [7, 11) is 1.98. The molecule has 2 aromatic rings. The minimum Gasteiger partial charge on any atom is -0.316 e. The molecule has 0 radical (unpaired) electrons. The molecule has 0 spiro atoms. The smallest absolute Gasteiger partial charge is 0.0471 e. The van der Waals surface area contributed by atoms with Crippen LogP contribution < -0.4 is 5.32 Å². The van der Waals surface area contributed by atoms with Crippen molar-refractivity contribution in [2.75, 3.05) is 7.05 Å². The van der Waals surface area contributed by atoms with E-state index in [9.17, 15) is 0 Å². The first-order valence-corrected chi connectivity index (χ1v) is 6.33. The molecule has 1 nitrogen and oxygen atoms in total. The average molecular weight is 223 g/mol. The Bertz CT molecular complexity index is 414. The molecule has 0 unspecified atom stereocenters. The van der Waals surface area contributed by atoms with E-state index in [1.165, 1.54) is 20.9 Å². The second-order valence-corrected chi connectivity index (χ2v) is 5.11. The van der Waals surface area contributed by atoms with Gasteiger partial charge in [0.05, 0.1) is 0 Å². The van der Waals surface area contributed by atoms with Crippen LogP contribution in [0.4, 0.5) is 0 Å². The highest BCUT2D eigenvalue weighted by Gasteiger charge is 2.05. The second-order valence-electron chi connectivity index (χ2n) is 3.28. The van der Waals surface area contributed by atoms with E-state index in [1.54, 1.807) is 0 Å². The quantitative estimate of drug-likeness (QED) is 0.839. The predicted octanol–water partition coefficient (Wildman–Crippen LogP) is 3.50. The van der Waals surface area contributed by atoms with E-state index >= 15 is 0 Å². The van der Waals surface area contributed by atoms with Crippen molar-refractivity contribution in [3.8, 4) is 9.75 Å². The number of hydrogen-bond donors (Lipinski definition) is 1. The van der Waals surface area contributed by atoms with E-state index < -0.39 is 0 Å². The van der Waals surface area contributed by atoms with Crippen LogP contribution in [0.1, 0.15) is 11.1 Å². The van der Waals surface area contributed by atoms with Gasteiger partial charge >= 0.3 is 0 Å². The van der Waals surface area contributed by atoms with Crippen molar-refractivity contribution in [1.82, 2.24) is 5.32 Å². The first-order valence-electron chi connectivity index (χ1n) is 4.57. The zero-order valence-electron chi connectivity index (χ0n) is 8.33. The van der Waals surface area contributed by atoms with Crippen molar-refractivity contribution in [1.29, 1.82) is 0 Å². The van der Waals surface area contributed by atoms with E-state index in [0.717, 1.165) is 6.54 Å². The average Bonchev–Trinajstić information content (AvgIpc) is 2.74. The lowest BCUT2D eigenvalue weighted by molar-refractivity contribution is 0.821. The molecule has 0 bridgehead atoms. The lowest BCUT2D eigenvalue weighted by atomic mass is 10.2. The molecule has 2 rings (SSSR count). The second kappa shape index (κ2) is 4.26. The van der Waals surface area contributed by atoms with Gasteiger partial charge < -0.3 is 5.32 Å². The first-order chi connectivity index (χ1) is 6.81. The summed E-state index contributed by atoms with van der Waals surface area (Å²) in [5.74, 6) is 0. The molecule has 0 amide bonds. The van der Waals surface area contributed by atoms with Crippen LogP contribution in [-0.4, -0.2) is 7.05 Å². The fraction of sp³-hybridized carbons (Fsp3) is 0.273. The summed E-state index contributed by atoms with van der Waals surface area (Å²) < 4.78 is 0. The van der Waals surface area contributed by atoms with Gasteiger partial charge in [-0.05, 0) is 48.0 Å². The fourth-order valence-corrected chi connectivity index (χ4v) is 3.46. The summed E-state index contributed by atoms with van der Waals surface area (Å²) in [6.07, 6.45) is 0. The molecular formula is C11H13NS2.